The number of ether oxygens (including phenoxy) is 1. The Hall–Kier alpha value is -1.02. The first-order chi connectivity index (χ1) is 9.38. The maximum absolute atomic E-state index is 13.7. The highest BCUT2D eigenvalue weighted by molar-refractivity contribution is 7.89. The first-order valence-corrected chi connectivity index (χ1v) is 7.86. The summed E-state index contributed by atoms with van der Waals surface area (Å²) >= 11 is 0. The lowest BCUT2D eigenvalue weighted by molar-refractivity contribution is 0.0222. The van der Waals surface area contributed by atoms with Gasteiger partial charge in [0, 0.05) is 13.2 Å². The number of aliphatic hydroxyl groups excluding tert-OH is 1. The van der Waals surface area contributed by atoms with Gasteiger partial charge in [0.05, 0.1) is 12.1 Å². The first-order valence-electron chi connectivity index (χ1n) is 6.37. The Morgan fingerprint density at radius 2 is 2.05 bits per heavy atom. The lowest BCUT2D eigenvalue weighted by Gasteiger charge is -2.35. The van der Waals surface area contributed by atoms with Crippen molar-refractivity contribution in [1.29, 1.82) is 0 Å². The second-order valence-electron chi connectivity index (χ2n) is 5.09. The number of sulfonamides is 1. The largest absolute Gasteiger partial charge is 0.394 e. The number of aryl methyl sites for hydroxylation is 1. The van der Waals surface area contributed by atoms with Crippen molar-refractivity contribution in [2.45, 2.75) is 30.2 Å². The summed E-state index contributed by atoms with van der Waals surface area (Å²) < 4.78 is 46.0. The molecule has 0 aliphatic carbocycles. The number of rotatable bonds is 4. The molecule has 1 aromatic carbocycles. The summed E-state index contributed by atoms with van der Waals surface area (Å²) in [7, 11) is -4.02. The molecule has 0 radical (unpaired) electrons. The maximum Gasteiger partial charge on any atom is 0.244 e. The van der Waals surface area contributed by atoms with E-state index >= 15 is 0 Å². The van der Waals surface area contributed by atoms with Crippen LogP contribution in [-0.2, 0) is 14.8 Å². The molecule has 5 nitrogen and oxygen atoms in total. The van der Waals surface area contributed by atoms with E-state index in [-0.39, 0.29) is 6.61 Å². The van der Waals surface area contributed by atoms with E-state index in [0.29, 0.717) is 31.6 Å². The van der Waals surface area contributed by atoms with Crippen LogP contribution in [0.4, 0.5) is 4.39 Å². The van der Waals surface area contributed by atoms with E-state index in [1.54, 1.807) is 6.92 Å². The number of nitrogens with one attached hydrogen (secondary N) is 1. The lowest BCUT2D eigenvalue weighted by atomic mass is 9.93. The molecule has 2 rings (SSSR count). The molecule has 0 bridgehead atoms. The quantitative estimate of drug-likeness (QED) is 0.868. The highest BCUT2D eigenvalue weighted by atomic mass is 32.2. The van der Waals surface area contributed by atoms with Gasteiger partial charge >= 0.3 is 0 Å². The predicted molar refractivity (Wildman–Crippen MR) is 71.3 cm³/mol. The van der Waals surface area contributed by atoms with Gasteiger partial charge in [-0.15, -0.1) is 0 Å². The Bertz CT molecular complexity index is 582. The molecule has 20 heavy (non-hydrogen) atoms. The Morgan fingerprint density at radius 3 is 2.65 bits per heavy atom. The average molecular weight is 303 g/mol. The van der Waals surface area contributed by atoms with E-state index in [1.165, 1.54) is 12.1 Å². The van der Waals surface area contributed by atoms with Crippen LogP contribution in [0.15, 0.2) is 23.1 Å². The van der Waals surface area contributed by atoms with Crippen molar-refractivity contribution in [3.05, 3.63) is 29.6 Å². The van der Waals surface area contributed by atoms with Gasteiger partial charge in [-0.1, -0.05) is 6.07 Å². The van der Waals surface area contributed by atoms with E-state index in [4.69, 9.17) is 4.74 Å². The summed E-state index contributed by atoms with van der Waals surface area (Å²) in [6, 6.07) is 3.91. The van der Waals surface area contributed by atoms with Gasteiger partial charge in [0.1, 0.15) is 10.7 Å². The normalized spacial score (nSPS) is 18.9. The fourth-order valence-corrected chi connectivity index (χ4v) is 3.83. The number of hydrogen-bond acceptors (Lipinski definition) is 4. The zero-order valence-corrected chi connectivity index (χ0v) is 12.0. The zero-order valence-electron chi connectivity index (χ0n) is 11.2. The van der Waals surface area contributed by atoms with Crippen molar-refractivity contribution in [3.8, 4) is 0 Å². The van der Waals surface area contributed by atoms with Gasteiger partial charge < -0.3 is 9.84 Å². The third-order valence-electron chi connectivity index (χ3n) is 3.48. The van der Waals surface area contributed by atoms with Gasteiger partial charge in [-0.25, -0.2) is 17.5 Å². The highest BCUT2D eigenvalue weighted by Crippen LogP contribution is 2.24. The van der Waals surface area contributed by atoms with Gasteiger partial charge in [-0.3, -0.25) is 0 Å². The van der Waals surface area contributed by atoms with Crippen LogP contribution in [0.2, 0.25) is 0 Å². The summed E-state index contributed by atoms with van der Waals surface area (Å²) in [4.78, 5) is -0.392. The molecule has 1 aliphatic rings. The SMILES string of the molecule is Cc1ccc(F)c(S(=O)(=O)NC2(CO)CCOCC2)c1. The summed E-state index contributed by atoms with van der Waals surface area (Å²) in [5.74, 6) is -0.803. The van der Waals surface area contributed by atoms with Crippen molar-refractivity contribution < 1.29 is 22.7 Å². The van der Waals surface area contributed by atoms with E-state index in [1.807, 2.05) is 0 Å². The summed E-state index contributed by atoms with van der Waals surface area (Å²) in [5.41, 5.74) is -0.329. The lowest BCUT2D eigenvalue weighted by Crippen LogP contribution is -2.54. The average Bonchev–Trinajstić information content (AvgIpc) is 2.42. The first kappa shape index (κ1) is 15.4. The molecule has 1 aromatic rings. The molecule has 2 N–H and O–H groups in total. The van der Waals surface area contributed by atoms with Crippen molar-refractivity contribution >= 4 is 10.0 Å². The van der Waals surface area contributed by atoms with E-state index in [9.17, 15) is 17.9 Å². The molecular formula is C13H18FNO4S. The minimum atomic E-state index is -4.02. The van der Waals surface area contributed by atoms with Crippen LogP contribution in [0.1, 0.15) is 18.4 Å². The molecule has 0 amide bonds. The molecule has 1 heterocycles. The predicted octanol–water partition coefficient (Wildman–Crippen LogP) is 0.954. The van der Waals surface area contributed by atoms with Gasteiger partial charge in [0.2, 0.25) is 10.0 Å². The molecule has 7 heteroatoms. The van der Waals surface area contributed by atoms with Crippen LogP contribution in [0.5, 0.6) is 0 Å². The summed E-state index contributed by atoms with van der Waals surface area (Å²) in [5, 5.41) is 9.50. The fraction of sp³-hybridized carbons (Fsp3) is 0.538. The zero-order chi connectivity index (χ0) is 14.8. The van der Waals surface area contributed by atoms with E-state index in [2.05, 4.69) is 4.72 Å². The van der Waals surface area contributed by atoms with Crippen LogP contribution in [0.25, 0.3) is 0 Å². The van der Waals surface area contributed by atoms with Crippen LogP contribution in [0, 0.1) is 12.7 Å². The standard InChI is InChI=1S/C13H18FNO4S/c1-10-2-3-11(14)12(8-10)20(17,18)15-13(9-16)4-6-19-7-5-13/h2-3,8,15-16H,4-7,9H2,1H3. The van der Waals surface area contributed by atoms with Crippen LogP contribution < -0.4 is 4.72 Å². The molecule has 1 fully saturated rings. The van der Waals surface area contributed by atoms with Crippen LogP contribution >= 0.6 is 0 Å². The van der Waals surface area contributed by atoms with E-state index < -0.39 is 26.3 Å². The van der Waals surface area contributed by atoms with Crippen molar-refractivity contribution in [2.75, 3.05) is 19.8 Å². The molecule has 1 aliphatic heterocycles. The molecule has 0 aromatic heterocycles. The molecule has 0 saturated carbocycles. The second-order valence-corrected chi connectivity index (χ2v) is 6.74. The van der Waals surface area contributed by atoms with Crippen LogP contribution in [-0.4, -0.2) is 38.9 Å². The topological polar surface area (TPSA) is 75.6 Å². The Morgan fingerprint density at radius 1 is 1.40 bits per heavy atom. The second kappa shape index (κ2) is 5.77. The monoisotopic (exact) mass is 303 g/mol. The van der Waals surface area contributed by atoms with Gasteiger partial charge in [0.25, 0.3) is 0 Å². The summed E-state index contributed by atoms with van der Waals surface area (Å²) in [6.07, 6.45) is 0.715. The van der Waals surface area contributed by atoms with Crippen molar-refractivity contribution in [1.82, 2.24) is 4.72 Å². The van der Waals surface area contributed by atoms with Gasteiger partial charge in [0.15, 0.2) is 0 Å². The molecule has 112 valence electrons. The minimum Gasteiger partial charge on any atom is -0.394 e. The van der Waals surface area contributed by atoms with Crippen molar-refractivity contribution in [3.63, 3.8) is 0 Å². The number of halogens is 1. The van der Waals surface area contributed by atoms with Gasteiger partial charge in [-0.05, 0) is 37.5 Å². The Labute approximate surface area is 117 Å². The highest BCUT2D eigenvalue weighted by Gasteiger charge is 2.37. The van der Waals surface area contributed by atoms with Crippen LogP contribution in [0.3, 0.4) is 0 Å². The smallest absolute Gasteiger partial charge is 0.244 e. The Balaban J connectivity index is 2.32. The number of hydrogen-bond donors (Lipinski definition) is 2. The number of aliphatic hydroxyl groups is 1. The Kier molecular flexibility index (Phi) is 4.43. The molecule has 0 spiro atoms. The van der Waals surface area contributed by atoms with Crippen molar-refractivity contribution in [2.24, 2.45) is 0 Å². The number of benzene rings is 1. The third-order valence-corrected chi connectivity index (χ3v) is 5.07. The fourth-order valence-electron chi connectivity index (χ4n) is 2.21. The minimum absolute atomic E-state index is 0.344. The molecule has 1 saturated heterocycles. The summed E-state index contributed by atoms with van der Waals surface area (Å²) in [6.45, 7) is 2.07. The van der Waals surface area contributed by atoms with E-state index in [0.717, 1.165) is 6.07 Å². The molecule has 0 unspecified atom stereocenters. The molecule has 0 atom stereocenters. The maximum atomic E-state index is 13.7. The molecular weight excluding hydrogens is 285 g/mol. The van der Waals surface area contributed by atoms with Gasteiger partial charge in [-0.2, -0.15) is 0 Å². The third kappa shape index (κ3) is 3.17.